The van der Waals surface area contributed by atoms with Gasteiger partial charge in [-0.1, -0.05) is 61.9 Å². The van der Waals surface area contributed by atoms with Crippen molar-refractivity contribution in [2.24, 2.45) is 0 Å². The molecule has 0 bridgehead atoms. The second kappa shape index (κ2) is 11.1. The molecule has 9 heteroatoms. The molecule has 0 spiro atoms. The number of nitrogens with zero attached hydrogens (tertiary/aromatic N) is 1. The molecule has 0 saturated carbocycles. The number of hydrogen-bond acceptors (Lipinski definition) is 6. The zero-order valence-corrected chi connectivity index (χ0v) is 20.1. The maximum atomic E-state index is 12.6. The Morgan fingerprint density at radius 2 is 1.74 bits per heavy atom. The molecule has 1 atom stereocenters. The highest BCUT2D eigenvalue weighted by atomic mass is 32.1. The van der Waals surface area contributed by atoms with E-state index in [1.165, 1.54) is 16.7 Å². The van der Waals surface area contributed by atoms with Gasteiger partial charge < -0.3 is 20.5 Å². The van der Waals surface area contributed by atoms with Crippen LogP contribution < -0.4 is 10.6 Å². The first kappa shape index (κ1) is 24.4. The first-order valence-electron chi connectivity index (χ1n) is 11.5. The van der Waals surface area contributed by atoms with Gasteiger partial charge in [0.25, 0.3) is 0 Å². The Labute approximate surface area is 207 Å². The average Bonchev–Trinajstić information content (AvgIpc) is 3.45. The highest BCUT2D eigenvalue weighted by Crippen LogP contribution is 2.44. The summed E-state index contributed by atoms with van der Waals surface area (Å²) in [6.45, 7) is 2.33. The molecule has 0 aliphatic heterocycles. The maximum Gasteiger partial charge on any atom is 0.407 e. The van der Waals surface area contributed by atoms with Gasteiger partial charge in [-0.25, -0.2) is 14.6 Å². The van der Waals surface area contributed by atoms with E-state index in [-0.39, 0.29) is 43.1 Å². The summed E-state index contributed by atoms with van der Waals surface area (Å²) in [4.78, 5) is 39.9. The molecular weight excluding hydrogens is 466 g/mol. The fraction of sp³-hybridized carbons (Fsp3) is 0.308. The van der Waals surface area contributed by atoms with Gasteiger partial charge >= 0.3 is 12.1 Å². The summed E-state index contributed by atoms with van der Waals surface area (Å²) in [5.74, 6) is -1.39. The van der Waals surface area contributed by atoms with Crippen molar-refractivity contribution in [1.82, 2.24) is 15.6 Å². The first-order valence-corrected chi connectivity index (χ1v) is 12.4. The van der Waals surface area contributed by atoms with Gasteiger partial charge in [0.1, 0.15) is 11.6 Å². The molecule has 0 unspecified atom stereocenters. The van der Waals surface area contributed by atoms with Crippen LogP contribution in [0.25, 0.3) is 11.1 Å². The van der Waals surface area contributed by atoms with E-state index in [4.69, 9.17) is 9.84 Å². The molecule has 2 aromatic carbocycles. The lowest BCUT2D eigenvalue weighted by atomic mass is 9.98. The molecule has 1 aromatic heterocycles. The van der Waals surface area contributed by atoms with Crippen LogP contribution in [0.15, 0.2) is 53.9 Å². The van der Waals surface area contributed by atoms with E-state index in [1.54, 1.807) is 0 Å². The molecule has 4 rings (SSSR count). The predicted molar refractivity (Wildman–Crippen MR) is 132 cm³/mol. The van der Waals surface area contributed by atoms with Gasteiger partial charge in [-0.15, -0.1) is 11.3 Å². The van der Waals surface area contributed by atoms with E-state index < -0.39 is 12.1 Å². The van der Waals surface area contributed by atoms with Crippen LogP contribution in [0.4, 0.5) is 4.79 Å². The summed E-state index contributed by atoms with van der Waals surface area (Å²) < 4.78 is 5.61. The largest absolute Gasteiger partial charge is 0.476 e. The normalized spacial score (nSPS) is 12.9. The number of ether oxygens (including phenoxy) is 1. The van der Waals surface area contributed by atoms with Gasteiger partial charge in [0.15, 0.2) is 5.69 Å². The summed E-state index contributed by atoms with van der Waals surface area (Å²) in [7, 11) is 0. The minimum Gasteiger partial charge on any atom is -0.476 e. The third-order valence-electron chi connectivity index (χ3n) is 5.94. The highest BCUT2D eigenvalue weighted by Gasteiger charge is 2.29. The number of thiazole rings is 1. The number of aromatic carboxylic acids is 1. The standard InChI is InChI=1S/C26H27N3O5S/c1-2-7-16(12-23(30)27-13-24-29-22(15-35-24)25(31)32)28-26(33)34-14-21-19-10-5-3-8-17(19)18-9-4-6-11-20(18)21/h3-6,8-11,15-16,21H,2,7,12-14H2,1H3,(H,27,30)(H,28,33)(H,31,32)/t16-/m1/s1. The number of carbonyl (C=O) groups is 3. The number of rotatable bonds is 10. The van der Waals surface area contributed by atoms with Crippen LogP contribution in [-0.2, 0) is 16.1 Å². The van der Waals surface area contributed by atoms with Crippen molar-refractivity contribution in [2.45, 2.75) is 44.7 Å². The summed E-state index contributed by atoms with van der Waals surface area (Å²) in [6, 6.07) is 15.9. The van der Waals surface area contributed by atoms with Crippen molar-refractivity contribution in [3.05, 3.63) is 75.7 Å². The number of benzene rings is 2. The number of hydrogen-bond donors (Lipinski definition) is 3. The Hall–Kier alpha value is -3.72. The minimum absolute atomic E-state index is 0.0323. The fourth-order valence-corrected chi connectivity index (χ4v) is 5.05. The van der Waals surface area contributed by atoms with Crippen molar-refractivity contribution in [3.63, 3.8) is 0 Å². The van der Waals surface area contributed by atoms with Crippen LogP contribution in [0, 0.1) is 0 Å². The summed E-state index contributed by atoms with van der Waals surface area (Å²) in [5.41, 5.74) is 4.56. The summed E-state index contributed by atoms with van der Waals surface area (Å²) >= 11 is 1.17. The molecule has 1 aliphatic carbocycles. The van der Waals surface area contributed by atoms with Crippen LogP contribution in [0.3, 0.4) is 0 Å². The number of fused-ring (bicyclic) bond motifs is 3. The molecule has 1 heterocycles. The number of carboxylic acid groups (broad SMARTS) is 1. The summed E-state index contributed by atoms with van der Waals surface area (Å²) in [6.07, 6.45) is 0.952. The number of nitrogens with one attached hydrogen (secondary N) is 2. The number of carboxylic acids is 1. The topological polar surface area (TPSA) is 118 Å². The van der Waals surface area contributed by atoms with Gasteiger partial charge in [-0.2, -0.15) is 0 Å². The van der Waals surface area contributed by atoms with Crippen molar-refractivity contribution in [3.8, 4) is 11.1 Å². The second-order valence-electron chi connectivity index (χ2n) is 8.37. The van der Waals surface area contributed by atoms with Crippen LogP contribution >= 0.6 is 11.3 Å². The smallest absolute Gasteiger partial charge is 0.407 e. The summed E-state index contributed by atoms with van der Waals surface area (Å²) in [5, 5.41) is 16.5. The molecule has 182 valence electrons. The molecule has 0 radical (unpaired) electrons. The quantitative estimate of drug-likeness (QED) is 0.381. The van der Waals surface area contributed by atoms with E-state index in [1.807, 2.05) is 31.2 Å². The van der Waals surface area contributed by atoms with Crippen LogP contribution in [-0.4, -0.2) is 40.7 Å². The molecule has 2 amide bonds. The number of amides is 2. The zero-order valence-electron chi connectivity index (χ0n) is 19.3. The maximum absolute atomic E-state index is 12.6. The Kier molecular flexibility index (Phi) is 7.77. The molecule has 0 saturated heterocycles. The van der Waals surface area contributed by atoms with E-state index in [0.717, 1.165) is 28.7 Å². The van der Waals surface area contributed by atoms with E-state index >= 15 is 0 Å². The van der Waals surface area contributed by atoms with Gasteiger partial charge in [0, 0.05) is 23.8 Å². The SMILES string of the molecule is CCC[C@H](CC(=O)NCc1nc(C(=O)O)cs1)NC(=O)OCC1c2ccccc2-c2ccccc21. The Morgan fingerprint density at radius 3 is 2.34 bits per heavy atom. The van der Waals surface area contributed by atoms with Crippen molar-refractivity contribution in [1.29, 1.82) is 0 Å². The van der Waals surface area contributed by atoms with Gasteiger partial charge in [0.2, 0.25) is 5.91 Å². The zero-order chi connectivity index (χ0) is 24.8. The van der Waals surface area contributed by atoms with Crippen LogP contribution in [0.2, 0.25) is 0 Å². The van der Waals surface area contributed by atoms with Crippen molar-refractivity contribution < 1.29 is 24.2 Å². The Morgan fingerprint density at radius 1 is 1.09 bits per heavy atom. The number of carbonyl (C=O) groups excluding carboxylic acids is 2. The molecule has 1 aliphatic rings. The average molecular weight is 494 g/mol. The van der Waals surface area contributed by atoms with E-state index in [0.29, 0.717) is 11.4 Å². The Balaban J connectivity index is 1.30. The van der Waals surface area contributed by atoms with Crippen molar-refractivity contribution in [2.75, 3.05) is 6.61 Å². The molecule has 0 fully saturated rings. The third kappa shape index (κ3) is 5.86. The monoisotopic (exact) mass is 493 g/mol. The van der Waals surface area contributed by atoms with Gasteiger partial charge in [-0.3, -0.25) is 4.79 Å². The highest BCUT2D eigenvalue weighted by molar-refractivity contribution is 7.09. The Bertz CT molecular complexity index is 1180. The number of alkyl carbamates (subject to hydrolysis) is 1. The lowest BCUT2D eigenvalue weighted by Crippen LogP contribution is -2.39. The van der Waals surface area contributed by atoms with Gasteiger partial charge in [-0.05, 0) is 28.7 Å². The van der Waals surface area contributed by atoms with E-state index in [9.17, 15) is 14.4 Å². The third-order valence-corrected chi connectivity index (χ3v) is 6.79. The molecule has 35 heavy (non-hydrogen) atoms. The fourth-order valence-electron chi connectivity index (χ4n) is 4.34. The molecular formula is C26H27N3O5S. The second-order valence-corrected chi connectivity index (χ2v) is 9.31. The lowest BCUT2D eigenvalue weighted by molar-refractivity contribution is -0.121. The minimum atomic E-state index is -1.10. The van der Waals surface area contributed by atoms with E-state index in [2.05, 4.69) is 39.9 Å². The predicted octanol–water partition coefficient (Wildman–Crippen LogP) is 4.56. The molecule has 8 nitrogen and oxygen atoms in total. The molecule has 3 aromatic rings. The van der Waals surface area contributed by atoms with Crippen molar-refractivity contribution >= 4 is 29.3 Å². The molecule has 3 N–H and O–H groups in total. The van der Waals surface area contributed by atoms with Gasteiger partial charge in [0.05, 0.1) is 6.54 Å². The number of aromatic nitrogens is 1. The lowest BCUT2D eigenvalue weighted by Gasteiger charge is -2.19. The first-order chi connectivity index (χ1) is 17.0. The van der Waals surface area contributed by atoms with Crippen LogP contribution in [0.1, 0.15) is 58.7 Å². The van der Waals surface area contributed by atoms with Crippen LogP contribution in [0.5, 0.6) is 0 Å².